The number of nitrogens with zero attached hydrogens (tertiary/aromatic N) is 6. The summed E-state index contributed by atoms with van der Waals surface area (Å²) in [6, 6.07) is 5.58. The van der Waals surface area contributed by atoms with Crippen LogP contribution in [0.4, 0.5) is 0 Å². The first kappa shape index (κ1) is 13.9. The van der Waals surface area contributed by atoms with Crippen molar-refractivity contribution in [2.45, 2.75) is 13.1 Å². The molecule has 0 aromatic carbocycles. The quantitative estimate of drug-likeness (QED) is 0.541. The SMILES string of the molecule is Clc1ccc2ncc(-c3cnn(CCn4ccnc4)c3)cc2n1. The van der Waals surface area contributed by atoms with E-state index in [1.165, 1.54) is 0 Å². The summed E-state index contributed by atoms with van der Waals surface area (Å²) in [5, 5.41) is 4.86. The van der Waals surface area contributed by atoms with Crippen molar-refractivity contribution in [3.8, 4) is 11.1 Å². The molecule has 0 aliphatic carbocycles. The van der Waals surface area contributed by atoms with Gasteiger partial charge < -0.3 is 4.57 Å². The van der Waals surface area contributed by atoms with Gasteiger partial charge in [0.2, 0.25) is 0 Å². The Labute approximate surface area is 137 Å². The number of pyridine rings is 2. The van der Waals surface area contributed by atoms with Crippen molar-refractivity contribution in [1.82, 2.24) is 29.3 Å². The van der Waals surface area contributed by atoms with Crippen LogP contribution in [0.3, 0.4) is 0 Å². The van der Waals surface area contributed by atoms with E-state index >= 15 is 0 Å². The number of aromatic nitrogens is 6. The second-order valence-electron chi connectivity index (χ2n) is 5.19. The van der Waals surface area contributed by atoms with Gasteiger partial charge in [-0.3, -0.25) is 9.67 Å². The lowest BCUT2D eigenvalue weighted by atomic mass is 10.1. The van der Waals surface area contributed by atoms with Crippen molar-refractivity contribution in [2.24, 2.45) is 0 Å². The predicted octanol–water partition coefficient (Wildman–Crippen LogP) is 3.04. The molecular weight excluding hydrogens is 312 g/mol. The van der Waals surface area contributed by atoms with Crippen LogP contribution in [0.15, 0.2) is 55.5 Å². The summed E-state index contributed by atoms with van der Waals surface area (Å²) in [6.45, 7) is 1.61. The Morgan fingerprint density at radius 1 is 1.04 bits per heavy atom. The number of rotatable bonds is 4. The van der Waals surface area contributed by atoms with Crippen LogP contribution in [0.5, 0.6) is 0 Å². The standard InChI is InChI=1S/C16H13ClN6/c17-16-2-1-14-15(21-16)7-12(8-19-14)13-9-20-23(10-13)6-5-22-4-3-18-11-22/h1-4,7-11H,5-6H2. The highest BCUT2D eigenvalue weighted by Gasteiger charge is 2.05. The maximum atomic E-state index is 5.95. The summed E-state index contributed by atoms with van der Waals surface area (Å²) < 4.78 is 3.93. The molecule has 0 fully saturated rings. The molecule has 4 heterocycles. The largest absolute Gasteiger partial charge is 0.336 e. The highest BCUT2D eigenvalue weighted by molar-refractivity contribution is 6.29. The third kappa shape index (κ3) is 2.93. The summed E-state index contributed by atoms with van der Waals surface area (Å²) >= 11 is 5.95. The molecule has 114 valence electrons. The molecule has 0 saturated carbocycles. The Morgan fingerprint density at radius 3 is 2.87 bits per heavy atom. The van der Waals surface area contributed by atoms with Crippen LogP contribution >= 0.6 is 11.6 Å². The molecule has 0 N–H and O–H groups in total. The van der Waals surface area contributed by atoms with E-state index in [4.69, 9.17) is 11.6 Å². The Balaban J connectivity index is 1.58. The molecule has 0 unspecified atom stereocenters. The molecule has 0 aliphatic rings. The zero-order chi connectivity index (χ0) is 15.6. The number of fused-ring (bicyclic) bond motifs is 1. The summed E-state index contributed by atoms with van der Waals surface area (Å²) in [5.74, 6) is 0. The lowest BCUT2D eigenvalue weighted by Gasteiger charge is -2.02. The van der Waals surface area contributed by atoms with Gasteiger partial charge in [-0.2, -0.15) is 5.10 Å². The van der Waals surface area contributed by atoms with Crippen molar-refractivity contribution < 1.29 is 0 Å². The highest BCUT2D eigenvalue weighted by Crippen LogP contribution is 2.22. The van der Waals surface area contributed by atoms with Crippen LogP contribution in [-0.2, 0) is 13.1 Å². The topological polar surface area (TPSA) is 61.4 Å². The van der Waals surface area contributed by atoms with E-state index in [-0.39, 0.29) is 0 Å². The van der Waals surface area contributed by atoms with Gasteiger partial charge in [0.1, 0.15) is 5.15 Å². The monoisotopic (exact) mass is 324 g/mol. The van der Waals surface area contributed by atoms with Crippen LogP contribution in [-0.4, -0.2) is 29.3 Å². The predicted molar refractivity (Wildman–Crippen MR) is 88.0 cm³/mol. The van der Waals surface area contributed by atoms with Gasteiger partial charge in [-0.05, 0) is 18.2 Å². The summed E-state index contributed by atoms with van der Waals surface area (Å²) in [6.07, 6.45) is 11.2. The lowest BCUT2D eigenvalue weighted by Crippen LogP contribution is -2.05. The minimum Gasteiger partial charge on any atom is -0.336 e. The van der Waals surface area contributed by atoms with Crippen LogP contribution in [0.25, 0.3) is 22.2 Å². The third-order valence-corrected chi connectivity index (χ3v) is 3.83. The Morgan fingerprint density at radius 2 is 2.00 bits per heavy atom. The molecule has 6 nitrogen and oxygen atoms in total. The molecule has 4 aromatic rings. The molecule has 0 spiro atoms. The van der Waals surface area contributed by atoms with Gasteiger partial charge in [0, 0.05) is 42.5 Å². The lowest BCUT2D eigenvalue weighted by molar-refractivity contribution is 0.533. The van der Waals surface area contributed by atoms with Crippen LogP contribution < -0.4 is 0 Å². The minimum absolute atomic E-state index is 0.465. The first-order chi connectivity index (χ1) is 11.3. The van der Waals surface area contributed by atoms with E-state index in [2.05, 4.69) is 20.1 Å². The zero-order valence-corrected chi connectivity index (χ0v) is 12.9. The molecule has 0 radical (unpaired) electrons. The van der Waals surface area contributed by atoms with E-state index in [1.54, 1.807) is 18.6 Å². The molecule has 0 atom stereocenters. The van der Waals surface area contributed by atoms with Gasteiger partial charge >= 0.3 is 0 Å². The van der Waals surface area contributed by atoms with Crippen molar-refractivity contribution >= 4 is 22.6 Å². The summed E-state index contributed by atoms with van der Waals surface area (Å²) in [7, 11) is 0. The fourth-order valence-electron chi connectivity index (χ4n) is 2.41. The first-order valence-corrected chi connectivity index (χ1v) is 7.57. The smallest absolute Gasteiger partial charge is 0.129 e. The second-order valence-corrected chi connectivity index (χ2v) is 5.58. The number of hydrogen-bond donors (Lipinski definition) is 0. The van der Waals surface area contributed by atoms with E-state index in [9.17, 15) is 0 Å². The molecule has 0 amide bonds. The van der Waals surface area contributed by atoms with Gasteiger partial charge in [-0.25, -0.2) is 9.97 Å². The van der Waals surface area contributed by atoms with Crippen LogP contribution in [0, 0.1) is 0 Å². The van der Waals surface area contributed by atoms with E-state index in [0.29, 0.717) is 5.15 Å². The maximum absolute atomic E-state index is 5.95. The van der Waals surface area contributed by atoms with Crippen LogP contribution in [0.1, 0.15) is 0 Å². The second kappa shape index (κ2) is 5.81. The average molecular weight is 325 g/mol. The molecule has 7 heteroatoms. The Bertz CT molecular complexity index is 944. The number of aryl methyl sites for hydroxylation is 2. The van der Waals surface area contributed by atoms with Gasteiger partial charge in [0.15, 0.2) is 0 Å². The van der Waals surface area contributed by atoms with Crippen molar-refractivity contribution in [2.75, 3.05) is 0 Å². The van der Waals surface area contributed by atoms with Gasteiger partial charge in [0.25, 0.3) is 0 Å². The van der Waals surface area contributed by atoms with Crippen molar-refractivity contribution in [3.63, 3.8) is 0 Å². The maximum Gasteiger partial charge on any atom is 0.129 e. The summed E-state index contributed by atoms with van der Waals surface area (Å²) in [5.41, 5.74) is 3.58. The molecular formula is C16H13ClN6. The van der Waals surface area contributed by atoms with E-state index in [1.807, 2.05) is 46.2 Å². The Hall–Kier alpha value is -2.73. The van der Waals surface area contributed by atoms with E-state index < -0.39 is 0 Å². The van der Waals surface area contributed by atoms with Gasteiger partial charge in [-0.1, -0.05) is 11.6 Å². The molecule has 23 heavy (non-hydrogen) atoms. The molecule has 0 bridgehead atoms. The molecule has 4 rings (SSSR count). The van der Waals surface area contributed by atoms with Crippen LogP contribution in [0.2, 0.25) is 5.15 Å². The van der Waals surface area contributed by atoms with Gasteiger partial charge in [-0.15, -0.1) is 0 Å². The number of halogens is 1. The Kier molecular flexibility index (Phi) is 3.51. The summed E-state index contributed by atoms with van der Waals surface area (Å²) in [4.78, 5) is 12.8. The normalized spacial score (nSPS) is 11.2. The number of imidazole rings is 1. The average Bonchev–Trinajstić information content (AvgIpc) is 3.24. The van der Waals surface area contributed by atoms with Gasteiger partial charge in [0.05, 0.1) is 30.1 Å². The van der Waals surface area contributed by atoms with Crippen molar-refractivity contribution in [3.05, 3.63) is 60.7 Å². The molecule has 0 saturated heterocycles. The minimum atomic E-state index is 0.465. The molecule has 4 aromatic heterocycles. The fraction of sp³-hybridized carbons (Fsp3) is 0.125. The first-order valence-electron chi connectivity index (χ1n) is 7.19. The highest BCUT2D eigenvalue weighted by atomic mass is 35.5. The number of hydrogen-bond acceptors (Lipinski definition) is 4. The fourth-order valence-corrected chi connectivity index (χ4v) is 2.57. The van der Waals surface area contributed by atoms with Crippen molar-refractivity contribution in [1.29, 1.82) is 0 Å². The molecule has 0 aliphatic heterocycles. The zero-order valence-electron chi connectivity index (χ0n) is 12.2. The van der Waals surface area contributed by atoms with E-state index in [0.717, 1.165) is 35.2 Å². The third-order valence-electron chi connectivity index (χ3n) is 3.62.